The van der Waals surface area contributed by atoms with Crippen LogP contribution in [0.5, 0.6) is 0 Å². The van der Waals surface area contributed by atoms with E-state index in [1.165, 1.54) is 15.3 Å². The fourth-order valence-corrected chi connectivity index (χ4v) is 3.64. The summed E-state index contributed by atoms with van der Waals surface area (Å²) < 4.78 is 0. The number of carboxylic acid groups (broad SMARTS) is 1. The average Bonchev–Trinajstić information content (AvgIpc) is 2.85. The first-order valence-corrected chi connectivity index (χ1v) is 8.92. The Labute approximate surface area is 146 Å². The fourth-order valence-electron chi connectivity index (χ4n) is 2.67. The van der Waals surface area contributed by atoms with Gasteiger partial charge in [-0.25, -0.2) is 4.79 Å². The van der Waals surface area contributed by atoms with Crippen molar-refractivity contribution >= 4 is 23.2 Å². The number of hydrogen-bond acceptors (Lipinski definition) is 3. The van der Waals surface area contributed by atoms with E-state index in [1.54, 1.807) is 29.5 Å². The van der Waals surface area contributed by atoms with Crippen LogP contribution in [-0.4, -0.2) is 23.5 Å². The third-order valence-corrected chi connectivity index (χ3v) is 4.91. The molecule has 1 amide bonds. The Morgan fingerprint density at radius 1 is 1.17 bits per heavy atom. The molecule has 0 aliphatic carbocycles. The van der Waals surface area contributed by atoms with E-state index in [1.807, 2.05) is 6.07 Å². The summed E-state index contributed by atoms with van der Waals surface area (Å²) in [5.41, 5.74) is 2.54. The van der Waals surface area contributed by atoms with Gasteiger partial charge in [0, 0.05) is 22.7 Å². The molecular formula is C19H23NO3S. The summed E-state index contributed by atoms with van der Waals surface area (Å²) >= 11 is 1.80. The van der Waals surface area contributed by atoms with E-state index in [0.717, 1.165) is 18.4 Å². The van der Waals surface area contributed by atoms with Gasteiger partial charge in [0.25, 0.3) is 0 Å². The van der Waals surface area contributed by atoms with Crippen molar-refractivity contribution in [2.45, 2.75) is 39.5 Å². The second-order valence-corrected chi connectivity index (χ2v) is 7.36. The van der Waals surface area contributed by atoms with Crippen molar-refractivity contribution in [2.24, 2.45) is 0 Å². The number of carbonyl (C=O) groups is 2. The standard InChI is InChI=1S/C19H23NO3S/c1-13-11-16(14(2)24-13)6-4-8-18(21)20-10-9-15-5-3-7-17(12-15)19(22)23/h3,5,7,11-12H,4,6,8-10H2,1-2H3,(H,20,21)(H,22,23). The zero-order valence-electron chi connectivity index (χ0n) is 14.1. The lowest BCUT2D eigenvalue weighted by Crippen LogP contribution is -2.25. The molecule has 1 aromatic heterocycles. The fraction of sp³-hybridized carbons (Fsp3) is 0.368. The number of carbonyl (C=O) groups excluding carboxylic acids is 1. The van der Waals surface area contributed by atoms with E-state index in [2.05, 4.69) is 25.2 Å². The van der Waals surface area contributed by atoms with Crippen LogP contribution in [0.1, 0.15) is 44.1 Å². The third-order valence-electron chi connectivity index (χ3n) is 3.90. The van der Waals surface area contributed by atoms with Crippen LogP contribution in [-0.2, 0) is 17.6 Å². The van der Waals surface area contributed by atoms with Gasteiger partial charge in [0.2, 0.25) is 5.91 Å². The summed E-state index contributed by atoms with van der Waals surface area (Å²) in [6, 6.07) is 9.02. The number of amides is 1. The largest absolute Gasteiger partial charge is 0.478 e. The molecule has 24 heavy (non-hydrogen) atoms. The zero-order valence-corrected chi connectivity index (χ0v) is 14.9. The lowest BCUT2D eigenvalue weighted by molar-refractivity contribution is -0.121. The molecule has 0 aliphatic rings. The first-order chi connectivity index (χ1) is 11.5. The van der Waals surface area contributed by atoms with E-state index < -0.39 is 5.97 Å². The number of rotatable bonds is 8. The third kappa shape index (κ3) is 5.49. The maximum absolute atomic E-state index is 11.9. The van der Waals surface area contributed by atoms with Crippen molar-refractivity contribution in [3.63, 3.8) is 0 Å². The topological polar surface area (TPSA) is 66.4 Å². The van der Waals surface area contributed by atoms with E-state index in [4.69, 9.17) is 5.11 Å². The number of aryl methyl sites for hydroxylation is 3. The number of nitrogens with one attached hydrogen (secondary N) is 1. The molecule has 0 aliphatic heterocycles. The molecule has 2 N–H and O–H groups in total. The van der Waals surface area contributed by atoms with Gasteiger partial charge in [-0.3, -0.25) is 4.79 Å². The zero-order chi connectivity index (χ0) is 17.5. The molecule has 0 unspecified atom stereocenters. The van der Waals surface area contributed by atoms with Crippen LogP contribution in [0, 0.1) is 13.8 Å². The quantitative estimate of drug-likeness (QED) is 0.766. The maximum Gasteiger partial charge on any atom is 0.335 e. The molecule has 128 valence electrons. The normalized spacial score (nSPS) is 10.6. The highest BCUT2D eigenvalue weighted by Gasteiger charge is 2.06. The molecule has 0 spiro atoms. The Morgan fingerprint density at radius 2 is 1.96 bits per heavy atom. The van der Waals surface area contributed by atoms with Crippen LogP contribution in [0.3, 0.4) is 0 Å². The first kappa shape index (κ1) is 18.2. The molecule has 0 saturated carbocycles. The second-order valence-electron chi connectivity index (χ2n) is 5.90. The minimum absolute atomic E-state index is 0.0500. The predicted molar refractivity (Wildman–Crippen MR) is 96.8 cm³/mol. The minimum atomic E-state index is -0.931. The van der Waals surface area contributed by atoms with Crippen molar-refractivity contribution < 1.29 is 14.7 Å². The SMILES string of the molecule is Cc1cc(CCCC(=O)NCCc2cccc(C(=O)O)c2)c(C)s1. The summed E-state index contributed by atoms with van der Waals surface area (Å²) in [6.07, 6.45) is 2.93. The summed E-state index contributed by atoms with van der Waals surface area (Å²) in [5, 5.41) is 11.9. The molecule has 4 nitrogen and oxygen atoms in total. The molecule has 1 aromatic carbocycles. The van der Waals surface area contributed by atoms with Crippen molar-refractivity contribution in [3.8, 4) is 0 Å². The van der Waals surface area contributed by atoms with Gasteiger partial charge in [-0.2, -0.15) is 0 Å². The molecular weight excluding hydrogens is 322 g/mol. The Morgan fingerprint density at radius 3 is 2.62 bits per heavy atom. The maximum atomic E-state index is 11.9. The summed E-state index contributed by atoms with van der Waals surface area (Å²) in [6.45, 7) is 4.75. The van der Waals surface area contributed by atoms with Gasteiger partial charge in [0.1, 0.15) is 0 Å². The lowest BCUT2D eigenvalue weighted by Gasteiger charge is -2.06. The minimum Gasteiger partial charge on any atom is -0.478 e. The first-order valence-electron chi connectivity index (χ1n) is 8.10. The molecule has 1 heterocycles. The van der Waals surface area contributed by atoms with E-state index >= 15 is 0 Å². The average molecular weight is 345 g/mol. The van der Waals surface area contributed by atoms with Gasteiger partial charge < -0.3 is 10.4 Å². The Bertz CT molecular complexity index is 721. The van der Waals surface area contributed by atoms with Crippen molar-refractivity contribution in [2.75, 3.05) is 6.54 Å². The highest BCUT2D eigenvalue weighted by molar-refractivity contribution is 7.12. The van der Waals surface area contributed by atoms with Crippen LogP contribution in [0.4, 0.5) is 0 Å². The van der Waals surface area contributed by atoms with Crippen LogP contribution < -0.4 is 5.32 Å². The van der Waals surface area contributed by atoms with Gasteiger partial charge in [-0.15, -0.1) is 11.3 Å². The predicted octanol–water partition coefficient (Wildman–Crippen LogP) is 3.74. The number of aromatic carboxylic acids is 1. The second kappa shape index (κ2) is 8.64. The van der Waals surface area contributed by atoms with Crippen molar-refractivity contribution in [3.05, 3.63) is 56.8 Å². The monoisotopic (exact) mass is 345 g/mol. The molecule has 0 atom stereocenters. The van der Waals surface area contributed by atoms with Crippen LogP contribution >= 0.6 is 11.3 Å². The van der Waals surface area contributed by atoms with Crippen molar-refractivity contribution in [1.82, 2.24) is 5.32 Å². The molecule has 2 aromatic rings. The smallest absolute Gasteiger partial charge is 0.335 e. The van der Waals surface area contributed by atoms with E-state index in [-0.39, 0.29) is 11.5 Å². The van der Waals surface area contributed by atoms with Crippen LogP contribution in [0.25, 0.3) is 0 Å². The number of hydrogen-bond donors (Lipinski definition) is 2. The molecule has 0 radical (unpaired) electrons. The van der Waals surface area contributed by atoms with E-state index in [9.17, 15) is 9.59 Å². The Kier molecular flexibility index (Phi) is 6.55. The number of benzene rings is 1. The summed E-state index contributed by atoms with van der Waals surface area (Å²) in [4.78, 5) is 25.5. The Hall–Kier alpha value is -2.14. The molecule has 0 fully saturated rings. The van der Waals surface area contributed by atoms with Crippen molar-refractivity contribution in [1.29, 1.82) is 0 Å². The molecule has 0 saturated heterocycles. The van der Waals surface area contributed by atoms with Gasteiger partial charge in [0.05, 0.1) is 5.56 Å². The highest BCUT2D eigenvalue weighted by Crippen LogP contribution is 2.22. The molecule has 0 bridgehead atoms. The van der Waals surface area contributed by atoms with Gasteiger partial charge in [0.15, 0.2) is 0 Å². The highest BCUT2D eigenvalue weighted by atomic mass is 32.1. The van der Waals surface area contributed by atoms with Gasteiger partial charge in [-0.05, 0) is 62.4 Å². The van der Waals surface area contributed by atoms with Crippen LogP contribution in [0.15, 0.2) is 30.3 Å². The lowest BCUT2D eigenvalue weighted by atomic mass is 10.1. The number of thiophene rings is 1. The molecule has 2 rings (SSSR count). The number of carboxylic acids is 1. The van der Waals surface area contributed by atoms with E-state index in [0.29, 0.717) is 19.4 Å². The summed E-state index contributed by atoms with van der Waals surface area (Å²) in [7, 11) is 0. The molecule has 5 heteroatoms. The Balaban J connectivity index is 1.69. The van der Waals surface area contributed by atoms with Crippen LogP contribution in [0.2, 0.25) is 0 Å². The van der Waals surface area contributed by atoms with Gasteiger partial charge in [-0.1, -0.05) is 12.1 Å². The summed E-state index contributed by atoms with van der Waals surface area (Å²) in [5.74, 6) is -0.881. The van der Waals surface area contributed by atoms with Gasteiger partial charge >= 0.3 is 5.97 Å².